The first kappa shape index (κ1) is 16.9. The number of carbonyl (C=O) groups excluding carboxylic acids is 2. The first-order valence-electron chi connectivity index (χ1n) is 7.59. The molecule has 1 unspecified atom stereocenters. The number of hydrogen-bond donors (Lipinski definition) is 2. The molecule has 2 aliphatic rings. The third-order valence-corrected chi connectivity index (χ3v) is 7.32. The van der Waals surface area contributed by atoms with E-state index in [1.165, 1.54) is 28.0 Å². The van der Waals surface area contributed by atoms with Crippen molar-refractivity contribution >= 4 is 56.1 Å². The average Bonchev–Trinajstić information content (AvgIpc) is 3.11. The maximum Gasteiger partial charge on any atom is 0.251 e. The number of rotatable bonds is 4. The zero-order valence-corrected chi connectivity index (χ0v) is 15.3. The van der Waals surface area contributed by atoms with Gasteiger partial charge < -0.3 is 11.1 Å². The molecule has 0 saturated heterocycles. The van der Waals surface area contributed by atoms with Crippen LogP contribution in [-0.4, -0.2) is 34.2 Å². The van der Waals surface area contributed by atoms with Crippen LogP contribution in [-0.2, 0) is 17.6 Å². The van der Waals surface area contributed by atoms with Gasteiger partial charge in [-0.25, -0.2) is 0 Å². The molecule has 1 aromatic heterocycles. The summed E-state index contributed by atoms with van der Waals surface area (Å²) < 4.78 is 0.967. The Bertz CT molecular complexity index is 669. The van der Waals surface area contributed by atoms with Crippen LogP contribution >= 0.6 is 34.9 Å². The van der Waals surface area contributed by atoms with E-state index in [2.05, 4.69) is 17.2 Å². The van der Waals surface area contributed by atoms with Gasteiger partial charge in [0.05, 0.1) is 17.9 Å². The molecule has 2 heterocycles. The Morgan fingerprint density at radius 1 is 1.48 bits per heavy atom. The molecule has 1 aromatic rings. The minimum Gasteiger partial charge on any atom is -0.365 e. The molecule has 1 aliphatic heterocycles. The Balaban J connectivity index is 1.71. The molecule has 0 fully saturated rings. The van der Waals surface area contributed by atoms with Crippen LogP contribution in [0.25, 0.3) is 0 Å². The van der Waals surface area contributed by atoms with Gasteiger partial charge in [-0.3, -0.25) is 14.6 Å². The molecule has 2 amide bonds. The predicted octanol–water partition coefficient (Wildman–Crippen LogP) is 2.75. The topological polar surface area (TPSA) is 84.6 Å². The number of hydrogen-bond acceptors (Lipinski definition) is 6. The lowest BCUT2D eigenvalue weighted by molar-refractivity contribution is -0.113. The molecule has 124 valence electrons. The van der Waals surface area contributed by atoms with Crippen molar-refractivity contribution in [2.24, 2.45) is 16.6 Å². The zero-order valence-electron chi connectivity index (χ0n) is 12.9. The highest BCUT2D eigenvalue weighted by Gasteiger charge is 2.27. The Morgan fingerprint density at radius 3 is 3.00 bits per heavy atom. The summed E-state index contributed by atoms with van der Waals surface area (Å²) in [7, 11) is 0. The highest BCUT2D eigenvalue weighted by Crippen LogP contribution is 2.39. The molecule has 3 N–H and O–H groups in total. The van der Waals surface area contributed by atoms with Gasteiger partial charge >= 0.3 is 0 Å². The highest BCUT2D eigenvalue weighted by atomic mass is 32.2. The number of thiophene rings is 1. The van der Waals surface area contributed by atoms with Gasteiger partial charge in [0, 0.05) is 10.6 Å². The molecule has 5 nitrogen and oxygen atoms in total. The normalized spacial score (nSPS) is 20.0. The number of anilines is 1. The number of aliphatic imine (C=N–C) groups is 1. The Kier molecular flexibility index (Phi) is 5.33. The second-order valence-corrected chi connectivity index (χ2v) is 9.16. The van der Waals surface area contributed by atoms with Crippen LogP contribution in [0, 0.1) is 5.92 Å². The number of amides is 2. The van der Waals surface area contributed by atoms with E-state index < -0.39 is 5.91 Å². The van der Waals surface area contributed by atoms with Crippen LogP contribution in [0.1, 0.15) is 34.1 Å². The van der Waals surface area contributed by atoms with Crippen LogP contribution in [0.3, 0.4) is 0 Å². The molecule has 0 radical (unpaired) electrons. The summed E-state index contributed by atoms with van der Waals surface area (Å²) in [5.41, 5.74) is 7.11. The summed E-state index contributed by atoms with van der Waals surface area (Å²) in [6.07, 6.45) is 2.88. The zero-order chi connectivity index (χ0) is 16.4. The maximum absolute atomic E-state index is 12.2. The number of nitrogens with zero attached hydrogens (tertiary/aromatic N) is 1. The van der Waals surface area contributed by atoms with Crippen LogP contribution in [0.2, 0.25) is 0 Å². The summed E-state index contributed by atoms with van der Waals surface area (Å²) in [6, 6.07) is 0. The van der Waals surface area contributed by atoms with E-state index >= 15 is 0 Å². The second-order valence-electron chi connectivity index (χ2n) is 5.75. The van der Waals surface area contributed by atoms with Crippen molar-refractivity contribution < 1.29 is 9.59 Å². The van der Waals surface area contributed by atoms with Gasteiger partial charge in [-0.15, -0.1) is 11.3 Å². The van der Waals surface area contributed by atoms with E-state index in [9.17, 15) is 9.59 Å². The Hall–Kier alpha value is -0.990. The third-order valence-electron chi connectivity index (χ3n) is 3.90. The standard InChI is InChI=1S/C15H19N3O2S3/c1-8-2-3-9-10(6-8)23-14(12(9)13(16)20)18-11(19)7-22-15-17-4-5-21-15/h8H,2-7H2,1H3,(H2,16,20)(H,18,19). The van der Waals surface area contributed by atoms with Crippen LogP contribution in [0.5, 0.6) is 0 Å². The number of fused-ring (bicyclic) bond motifs is 1. The van der Waals surface area contributed by atoms with Crippen molar-refractivity contribution in [3.8, 4) is 0 Å². The molecular formula is C15H19N3O2S3. The second kappa shape index (κ2) is 7.27. The molecule has 0 spiro atoms. The highest BCUT2D eigenvalue weighted by molar-refractivity contribution is 8.39. The van der Waals surface area contributed by atoms with Gasteiger partial charge in [-0.05, 0) is 30.7 Å². The minimum absolute atomic E-state index is 0.112. The van der Waals surface area contributed by atoms with Gasteiger partial charge in [-0.2, -0.15) is 0 Å². The lowest BCUT2D eigenvalue weighted by Gasteiger charge is -2.18. The van der Waals surface area contributed by atoms with Crippen LogP contribution < -0.4 is 11.1 Å². The molecule has 0 saturated carbocycles. The molecule has 8 heteroatoms. The van der Waals surface area contributed by atoms with Gasteiger partial charge in [0.25, 0.3) is 5.91 Å². The fourth-order valence-corrected chi connectivity index (χ4v) is 6.03. The first-order valence-corrected chi connectivity index (χ1v) is 10.4. The average molecular weight is 370 g/mol. The largest absolute Gasteiger partial charge is 0.365 e. The van der Waals surface area contributed by atoms with E-state index in [-0.39, 0.29) is 5.91 Å². The fraction of sp³-hybridized carbons (Fsp3) is 0.533. The van der Waals surface area contributed by atoms with E-state index in [0.717, 1.165) is 41.5 Å². The minimum atomic E-state index is -0.448. The predicted molar refractivity (Wildman–Crippen MR) is 99.9 cm³/mol. The van der Waals surface area contributed by atoms with Gasteiger partial charge in [0.2, 0.25) is 5.91 Å². The number of carbonyl (C=O) groups is 2. The Morgan fingerprint density at radius 2 is 2.30 bits per heavy atom. The fourth-order valence-electron chi connectivity index (χ4n) is 2.79. The van der Waals surface area contributed by atoms with Crippen LogP contribution in [0.4, 0.5) is 5.00 Å². The summed E-state index contributed by atoms with van der Waals surface area (Å²) in [6.45, 7) is 3.04. The first-order chi connectivity index (χ1) is 11.0. The summed E-state index contributed by atoms with van der Waals surface area (Å²) in [5, 5.41) is 3.50. The number of nitrogens with two attached hydrogens (primary N) is 1. The summed E-state index contributed by atoms with van der Waals surface area (Å²) >= 11 is 4.64. The Labute approximate surface area is 147 Å². The third kappa shape index (κ3) is 3.92. The van der Waals surface area contributed by atoms with Gasteiger partial charge in [-0.1, -0.05) is 30.4 Å². The van der Waals surface area contributed by atoms with Crippen molar-refractivity contribution in [1.82, 2.24) is 0 Å². The quantitative estimate of drug-likeness (QED) is 0.855. The lowest BCUT2D eigenvalue weighted by Crippen LogP contribution is -2.20. The van der Waals surface area contributed by atoms with Crippen molar-refractivity contribution in [3.63, 3.8) is 0 Å². The van der Waals surface area contributed by atoms with Crippen molar-refractivity contribution in [2.75, 3.05) is 23.4 Å². The number of nitrogens with one attached hydrogen (secondary N) is 1. The molecule has 23 heavy (non-hydrogen) atoms. The van der Waals surface area contributed by atoms with Crippen molar-refractivity contribution in [3.05, 3.63) is 16.0 Å². The van der Waals surface area contributed by atoms with Crippen LogP contribution in [0.15, 0.2) is 4.99 Å². The smallest absolute Gasteiger partial charge is 0.251 e. The molecular weight excluding hydrogens is 350 g/mol. The maximum atomic E-state index is 12.2. The summed E-state index contributed by atoms with van der Waals surface area (Å²) in [4.78, 5) is 29.5. The van der Waals surface area contributed by atoms with Gasteiger partial charge in [0.15, 0.2) is 0 Å². The van der Waals surface area contributed by atoms with Crippen molar-refractivity contribution in [2.45, 2.75) is 26.2 Å². The number of primary amides is 1. The molecule has 0 bridgehead atoms. The lowest BCUT2D eigenvalue weighted by atomic mass is 9.88. The molecule has 1 atom stereocenters. The van der Waals surface area contributed by atoms with E-state index in [4.69, 9.17) is 5.73 Å². The molecule has 0 aromatic carbocycles. The van der Waals surface area contributed by atoms with Crippen molar-refractivity contribution in [1.29, 1.82) is 0 Å². The molecule has 1 aliphatic carbocycles. The SMILES string of the molecule is CC1CCc2c(sc(NC(=O)CSC3=NCCS3)c2C(N)=O)C1. The van der Waals surface area contributed by atoms with Gasteiger partial charge in [0.1, 0.15) is 9.38 Å². The summed E-state index contributed by atoms with van der Waals surface area (Å²) in [5.74, 6) is 1.35. The monoisotopic (exact) mass is 369 g/mol. The molecule has 3 rings (SSSR count). The van der Waals surface area contributed by atoms with E-state index in [1.54, 1.807) is 11.8 Å². The van der Waals surface area contributed by atoms with E-state index in [0.29, 0.717) is 22.2 Å². The van der Waals surface area contributed by atoms with E-state index in [1.807, 2.05) is 0 Å². The number of thioether (sulfide) groups is 2.